The minimum absolute atomic E-state index is 0.103. The van der Waals surface area contributed by atoms with E-state index in [1.807, 2.05) is 7.05 Å². The van der Waals surface area contributed by atoms with Crippen molar-refractivity contribution in [2.24, 2.45) is 0 Å². The molecular formula is C10H17N3O3. The molecule has 90 valence electrons. The van der Waals surface area contributed by atoms with Crippen molar-refractivity contribution in [1.29, 1.82) is 0 Å². The van der Waals surface area contributed by atoms with Crippen molar-refractivity contribution < 1.29 is 13.9 Å². The molecule has 16 heavy (non-hydrogen) atoms. The summed E-state index contributed by atoms with van der Waals surface area (Å²) in [5.74, 6) is 1.11. The van der Waals surface area contributed by atoms with E-state index in [1.54, 1.807) is 0 Å². The summed E-state index contributed by atoms with van der Waals surface area (Å²) in [4.78, 5) is 0. The summed E-state index contributed by atoms with van der Waals surface area (Å²) in [5, 5.41) is 11.1. The third kappa shape index (κ3) is 2.40. The van der Waals surface area contributed by atoms with E-state index in [1.165, 1.54) is 0 Å². The highest BCUT2D eigenvalue weighted by molar-refractivity contribution is 4.92. The Balaban J connectivity index is 2.05. The van der Waals surface area contributed by atoms with Crippen LogP contribution in [0.25, 0.3) is 0 Å². The molecule has 0 spiro atoms. The van der Waals surface area contributed by atoms with Crippen LogP contribution in [0.3, 0.4) is 0 Å². The molecule has 2 heterocycles. The molecule has 0 aromatic carbocycles. The third-order valence-electron chi connectivity index (χ3n) is 2.60. The maximum atomic E-state index is 5.58. The van der Waals surface area contributed by atoms with Crippen molar-refractivity contribution >= 4 is 0 Å². The molecule has 1 N–H and O–H groups in total. The van der Waals surface area contributed by atoms with Crippen molar-refractivity contribution in [3.05, 3.63) is 11.8 Å². The number of nitrogens with zero attached hydrogens (tertiary/aromatic N) is 2. The highest BCUT2D eigenvalue weighted by atomic mass is 16.6. The summed E-state index contributed by atoms with van der Waals surface area (Å²) >= 11 is 0. The van der Waals surface area contributed by atoms with E-state index in [0.29, 0.717) is 31.6 Å². The lowest BCUT2D eigenvalue weighted by Gasteiger charge is -2.19. The molecule has 6 heteroatoms. The Labute approximate surface area is 94.3 Å². The maximum absolute atomic E-state index is 5.58. The van der Waals surface area contributed by atoms with E-state index in [4.69, 9.17) is 13.9 Å². The van der Waals surface area contributed by atoms with Gasteiger partial charge in [-0.05, 0) is 13.5 Å². The van der Waals surface area contributed by atoms with Crippen LogP contribution < -0.4 is 5.32 Å². The van der Waals surface area contributed by atoms with Gasteiger partial charge in [-0.25, -0.2) is 0 Å². The normalized spacial score (nSPS) is 23.2. The van der Waals surface area contributed by atoms with Crippen LogP contribution in [0, 0.1) is 0 Å². The van der Waals surface area contributed by atoms with Crippen LogP contribution in [0.2, 0.25) is 0 Å². The number of nitrogens with one attached hydrogen (secondary N) is 1. The second-order valence-electron chi connectivity index (χ2n) is 3.66. The van der Waals surface area contributed by atoms with Gasteiger partial charge in [0.15, 0.2) is 6.10 Å². The van der Waals surface area contributed by atoms with Gasteiger partial charge in [0.1, 0.15) is 0 Å². The van der Waals surface area contributed by atoms with Gasteiger partial charge in [0.05, 0.1) is 25.9 Å². The highest BCUT2D eigenvalue weighted by Gasteiger charge is 2.24. The van der Waals surface area contributed by atoms with E-state index >= 15 is 0 Å². The Kier molecular flexibility index (Phi) is 3.87. The quantitative estimate of drug-likeness (QED) is 0.821. The van der Waals surface area contributed by atoms with Crippen LogP contribution in [0.5, 0.6) is 0 Å². The van der Waals surface area contributed by atoms with Crippen LogP contribution in [0.4, 0.5) is 0 Å². The lowest BCUT2D eigenvalue weighted by molar-refractivity contribution is -0.1000. The molecule has 6 nitrogen and oxygen atoms in total. The lowest BCUT2D eigenvalue weighted by atomic mass is 10.2. The first-order chi connectivity index (χ1) is 7.85. The van der Waals surface area contributed by atoms with Gasteiger partial charge in [-0.15, -0.1) is 10.2 Å². The monoisotopic (exact) mass is 227 g/mol. The Bertz CT molecular complexity index is 319. The predicted molar refractivity (Wildman–Crippen MR) is 55.9 cm³/mol. The summed E-state index contributed by atoms with van der Waals surface area (Å²) in [6, 6.07) is 0.103. The molecule has 0 radical (unpaired) electrons. The molecule has 1 aromatic rings. The zero-order valence-corrected chi connectivity index (χ0v) is 9.60. The number of hydrogen-bond acceptors (Lipinski definition) is 6. The molecule has 1 aliphatic rings. The molecule has 1 fully saturated rings. The van der Waals surface area contributed by atoms with E-state index in [2.05, 4.69) is 22.4 Å². The zero-order valence-electron chi connectivity index (χ0n) is 9.60. The lowest BCUT2D eigenvalue weighted by Crippen LogP contribution is -2.22. The molecule has 2 unspecified atom stereocenters. The summed E-state index contributed by atoms with van der Waals surface area (Å²) in [6.07, 6.45) is 0.685. The summed E-state index contributed by atoms with van der Waals surface area (Å²) < 4.78 is 16.4. The molecule has 0 amide bonds. The average molecular weight is 227 g/mol. The van der Waals surface area contributed by atoms with Crippen molar-refractivity contribution in [3.63, 3.8) is 0 Å². The molecule has 1 aliphatic heterocycles. The van der Waals surface area contributed by atoms with E-state index in [0.717, 1.165) is 6.42 Å². The molecule has 2 atom stereocenters. The van der Waals surface area contributed by atoms with Gasteiger partial charge in [0.2, 0.25) is 11.8 Å². The predicted octanol–water partition coefficient (Wildman–Crippen LogP) is 0.828. The molecular weight excluding hydrogens is 210 g/mol. The fourth-order valence-corrected chi connectivity index (χ4v) is 1.65. The van der Waals surface area contributed by atoms with Crippen LogP contribution in [0.15, 0.2) is 4.42 Å². The molecule has 0 saturated carbocycles. The number of rotatable bonds is 4. The second-order valence-corrected chi connectivity index (χ2v) is 3.66. The minimum atomic E-state index is -0.218. The van der Waals surface area contributed by atoms with Gasteiger partial charge >= 0.3 is 0 Å². The number of aromatic nitrogens is 2. The molecule has 1 saturated heterocycles. The second kappa shape index (κ2) is 5.38. The van der Waals surface area contributed by atoms with Gasteiger partial charge in [0, 0.05) is 0 Å². The Morgan fingerprint density at radius 1 is 1.44 bits per heavy atom. The molecule has 0 aliphatic carbocycles. The van der Waals surface area contributed by atoms with Crippen LogP contribution >= 0.6 is 0 Å². The molecule has 0 bridgehead atoms. The first-order valence-corrected chi connectivity index (χ1v) is 5.55. The van der Waals surface area contributed by atoms with Gasteiger partial charge in [-0.1, -0.05) is 6.92 Å². The summed E-state index contributed by atoms with van der Waals surface area (Å²) in [5.41, 5.74) is 0. The summed E-state index contributed by atoms with van der Waals surface area (Å²) in [7, 11) is 1.87. The molecule has 1 aromatic heterocycles. The van der Waals surface area contributed by atoms with Crippen LogP contribution in [0.1, 0.15) is 37.3 Å². The van der Waals surface area contributed by atoms with Gasteiger partial charge < -0.3 is 19.2 Å². The SMILES string of the molecule is CCC(NC)c1nnc(C2COCCO2)o1. The topological polar surface area (TPSA) is 69.4 Å². The Morgan fingerprint density at radius 3 is 2.94 bits per heavy atom. The fraction of sp³-hybridized carbons (Fsp3) is 0.800. The standard InChI is InChI=1S/C10H17N3O3/c1-3-7(11-2)9-12-13-10(16-9)8-6-14-4-5-15-8/h7-8,11H,3-6H2,1-2H3. The third-order valence-corrected chi connectivity index (χ3v) is 2.60. The van der Waals surface area contributed by atoms with Crippen molar-refractivity contribution in [3.8, 4) is 0 Å². The van der Waals surface area contributed by atoms with Crippen molar-refractivity contribution in [1.82, 2.24) is 15.5 Å². The number of hydrogen-bond donors (Lipinski definition) is 1. The largest absolute Gasteiger partial charge is 0.421 e. The average Bonchev–Trinajstić information content (AvgIpc) is 2.81. The van der Waals surface area contributed by atoms with E-state index < -0.39 is 0 Å². The first-order valence-electron chi connectivity index (χ1n) is 5.55. The highest BCUT2D eigenvalue weighted by Crippen LogP contribution is 2.22. The van der Waals surface area contributed by atoms with Gasteiger partial charge in [-0.3, -0.25) is 0 Å². The number of ether oxygens (including phenoxy) is 2. The van der Waals surface area contributed by atoms with Crippen molar-refractivity contribution in [2.75, 3.05) is 26.9 Å². The van der Waals surface area contributed by atoms with E-state index in [-0.39, 0.29) is 12.1 Å². The van der Waals surface area contributed by atoms with Crippen LogP contribution in [-0.2, 0) is 9.47 Å². The van der Waals surface area contributed by atoms with Gasteiger partial charge in [0.25, 0.3) is 0 Å². The van der Waals surface area contributed by atoms with Crippen LogP contribution in [-0.4, -0.2) is 37.1 Å². The summed E-state index contributed by atoms with van der Waals surface area (Å²) in [6.45, 7) is 3.75. The smallest absolute Gasteiger partial charge is 0.247 e. The maximum Gasteiger partial charge on any atom is 0.247 e. The van der Waals surface area contributed by atoms with E-state index in [9.17, 15) is 0 Å². The Morgan fingerprint density at radius 2 is 2.31 bits per heavy atom. The fourth-order valence-electron chi connectivity index (χ4n) is 1.65. The van der Waals surface area contributed by atoms with Crippen molar-refractivity contribution in [2.45, 2.75) is 25.5 Å². The van der Waals surface area contributed by atoms with Gasteiger partial charge in [-0.2, -0.15) is 0 Å². The first kappa shape index (κ1) is 11.5. The minimum Gasteiger partial charge on any atom is -0.421 e. The zero-order chi connectivity index (χ0) is 11.4. The Hall–Kier alpha value is -0.980. The molecule has 2 rings (SSSR count).